The van der Waals surface area contributed by atoms with E-state index in [-0.39, 0.29) is 12.2 Å². The Bertz CT molecular complexity index is 505. The molecule has 0 saturated carbocycles. The zero-order valence-electron chi connectivity index (χ0n) is 11.3. The van der Waals surface area contributed by atoms with Gasteiger partial charge in [0.1, 0.15) is 12.7 Å². The molecule has 114 valence electrons. The first-order chi connectivity index (χ1) is 9.99. The lowest BCUT2D eigenvalue weighted by molar-refractivity contribution is -0.153. The Morgan fingerprint density at radius 1 is 1.33 bits per heavy atom. The molecule has 4 atom stereocenters. The van der Waals surface area contributed by atoms with Crippen LogP contribution < -0.4 is 0 Å². The molecule has 0 bridgehead atoms. The largest absolute Gasteiger partial charge is 0.463 e. The molecular weight excluding hydrogens is 283 g/mol. The normalized spacial score (nSPS) is 28.1. The Morgan fingerprint density at radius 2 is 2.00 bits per heavy atom. The monoisotopic (exact) mass is 298 g/mol. The van der Waals surface area contributed by atoms with Gasteiger partial charge in [0.2, 0.25) is 0 Å². The lowest BCUT2D eigenvalue weighted by atomic mass is 10.1. The molecule has 1 saturated heterocycles. The highest BCUT2D eigenvalue weighted by Crippen LogP contribution is 2.26. The molecule has 6 nitrogen and oxygen atoms in total. The van der Waals surface area contributed by atoms with Crippen LogP contribution in [0, 0.1) is 0 Å². The molecule has 1 aromatic carbocycles. The van der Waals surface area contributed by atoms with Crippen LogP contribution in [0.4, 0.5) is 4.39 Å². The summed E-state index contributed by atoms with van der Waals surface area (Å²) >= 11 is 0. The van der Waals surface area contributed by atoms with E-state index in [1.807, 2.05) is 0 Å². The maximum atomic E-state index is 13.8. The molecule has 1 aromatic rings. The van der Waals surface area contributed by atoms with Crippen LogP contribution in [0.15, 0.2) is 30.3 Å². The maximum absolute atomic E-state index is 13.8. The molecule has 1 aliphatic heterocycles. The van der Waals surface area contributed by atoms with E-state index in [4.69, 9.17) is 14.2 Å². The Morgan fingerprint density at radius 3 is 2.62 bits per heavy atom. The fourth-order valence-electron chi connectivity index (χ4n) is 1.94. The number of rotatable bonds is 4. The first kappa shape index (κ1) is 15.4. The number of halogens is 1. The number of aliphatic hydroxyl groups is 1. The lowest BCUT2D eigenvalue weighted by Crippen LogP contribution is -2.37. The Kier molecular flexibility index (Phi) is 4.87. The standard InChI is InChI=1S/C14H15FO6/c1-8(16)19-7-10-12(11(15)14(18)20-10)21-13(17)9-5-3-2-4-6-9/h2-6,10-12,14,18H,7H2,1H3. The molecule has 1 N–H and O–H groups in total. The Hall–Kier alpha value is -1.99. The molecule has 7 heteroatoms. The van der Waals surface area contributed by atoms with Gasteiger partial charge in [0.05, 0.1) is 5.56 Å². The highest BCUT2D eigenvalue weighted by atomic mass is 19.1. The van der Waals surface area contributed by atoms with E-state index in [2.05, 4.69) is 0 Å². The lowest BCUT2D eigenvalue weighted by Gasteiger charge is -2.19. The minimum absolute atomic E-state index is 0.248. The maximum Gasteiger partial charge on any atom is 0.338 e. The first-order valence-electron chi connectivity index (χ1n) is 6.36. The zero-order chi connectivity index (χ0) is 15.4. The molecule has 4 unspecified atom stereocenters. The van der Waals surface area contributed by atoms with Gasteiger partial charge in [0.15, 0.2) is 18.6 Å². The number of carbonyl (C=O) groups excluding carboxylic acids is 2. The van der Waals surface area contributed by atoms with Crippen molar-refractivity contribution in [2.45, 2.75) is 31.6 Å². The third-order valence-corrected chi connectivity index (χ3v) is 2.97. The third kappa shape index (κ3) is 3.77. The van der Waals surface area contributed by atoms with Gasteiger partial charge in [0, 0.05) is 6.92 Å². The predicted molar refractivity (Wildman–Crippen MR) is 68.1 cm³/mol. The summed E-state index contributed by atoms with van der Waals surface area (Å²) in [5, 5.41) is 9.36. The molecule has 0 aliphatic carbocycles. The van der Waals surface area contributed by atoms with Gasteiger partial charge in [0.25, 0.3) is 0 Å². The summed E-state index contributed by atoms with van der Waals surface area (Å²) in [7, 11) is 0. The summed E-state index contributed by atoms with van der Waals surface area (Å²) in [6.45, 7) is 0.878. The van der Waals surface area contributed by atoms with Crippen molar-refractivity contribution in [3.63, 3.8) is 0 Å². The molecule has 0 amide bonds. The van der Waals surface area contributed by atoms with Crippen LogP contribution in [0.5, 0.6) is 0 Å². The van der Waals surface area contributed by atoms with Crippen LogP contribution in [0.25, 0.3) is 0 Å². The van der Waals surface area contributed by atoms with Gasteiger partial charge in [-0.1, -0.05) is 18.2 Å². The Balaban J connectivity index is 2.04. The van der Waals surface area contributed by atoms with E-state index < -0.39 is 36.6 Å². The number of hydrogen-bond acceptors (Lipinski definition) is 6. The van der Waals surface area contributed by atoms with Gasteiger partial charge in [-0.05, 0) is 12.1 Å². The topological polar surface area (TPSA) is 82.1 Å². The van der Waals surface area contributed by atoms with Crippen molar-refractivity contribution < 1.29 is 33.3 Å². The van der Waals surface area contributed by atoms with Gasteiger partial charge in [-0.25, -0.2) is 9.18 Å². The molecule has 1 fully saturated rings. The van der Waals surface area contributed by atoms with Crippen LogP contribution >= 0.6 is 0 Å². The van der Waals surface area contributed by atoms with Crippen molar-refractivity contribution >= 4 is 11.9 Å². The fraction of sp³-hybridized carbons (Fsp3) is 0.429. The molecular formula is C14H15FO6. The smallest absolute Gasteiger partial charge is 0.338 e. The number of ether oxygens (including phenoxy) is 3. The number of esters is 2. The number of aliphatic hydroxyl groups excluding tert-OH is 1. The molecule has 1 aliphatic rings. The summed E-state index contributed by atoms with van der Waals surface area (Å²) < 4.78 is 28.5. The quantitative estimate of drug-likeness (QED) is 0.829. The first-order valence-corrected chi connectivity index (χ1v) is 6.36. The Labute approximate surface area is 120 Å². The molecule has 21 heavy (non-hydrogen) atoms. The van der Waals surface area contributed by atoms with E-state index in [0.29, 0.717) is 0 Å². The average molecular weight is 298 g/mol. The average Bonchev–Trinajstić information content (AvgIpc) is 2.73. The highest BCUT2D eigenvalue weighted by molar-refractivity contribution is 5.89. The van der Waals surface area contributed by atoms with Gasteiger partial charge in [-0.2, -0.15) is 0 Å². The van der Waals surface area contributed by atoms with Crippen LogP contribution in [0.2, 0.25) is 0 Å². The second kappa shape index (κ2) is 6.64. The number of carbonyl (C=O) groups is 2. The minimum atomic E-state index is -1.90. The van der Waals surface area contributed by atoms with Crippen molar-refractivity contribution in [3.8, 4) is 0 Å². The van der Waals surface area contributed by atoms with Crippen molar-refractivity contribution in [1.82, 2.24) is 0 Å². The minimum Gasteiger partial charge on any atom is -0.463 e. The number of hydrogen-bond donors (Lipinski definition) is 1. The molecule has 2 rings (SSSR count). The van der Waals surface area contributed by atoms with Crippen molar-refractivity contribution in [1.29, 1.82) is 0 Å². The van der Waals surface area contributed by atoms with Crippen LogP contribution in [0.3, 0.4) is 0 Å². The number of alkyl halides is 1. The van der Waals surface area contributed by atoms with E-state index >= 15 is 0 Å². The van der Waals surface area contributed by atoms with Gasteiger partial charge in [-0.15, -0.1) is 0 Å². The molecule has 0 aromatic heterocycles. The van der Waals surface area contributed by atoms with Gasteiger partial charge in [-0.3, -0.25) is 4.79 Å². The predicted octanol–water partition coefficient (Wildman–Crippen LogP) is 0.830. The molecule has 0 spiro atoms. The van der Waals surface area contributed by atoms with Crippen molar-refractivity contribution in [2.75, 3.05) is 6.61 Å². The second-order valence-electron chi connectivity index (χ2n) is 4.55. The van der Waals surface area contributed by atoms with Crippen molar-refractivity contribution in [3.05, 3.63) is 35.9 Å². The van der Waals surface area contributed by atoms with Crippen LogP contribution in [0.1, 0.15) is 17.3 Å². The van der Waals surface area contributed by atoms with E-state index in [1.54, 1.807) is 18.2 Å². The highest BCUT2D eigenvalue weighted by Gasteiger charge is 2.47. The van der Waals surface area contributed by atoms with Crippen LogP contribution in [-0.2, 0) is 19.0 Å². The molecule has 1 heterocycles. The summed E-state index contributed by atoms with van der Waals surface area (Å²) in [5.74, 6) is -1.32. The van der Waals surface area contributed by atoms with Crippen molar-refractivity contribution in [2.24, 2.45) is 0 Å². The van der Waals surface area contributed by atoms with E-state index in [9.17, 15) is 19.1 Å². The summed E-state index contributed by atoms with van der Waals surface area (Å²) in [6.07, 6.45) is -6.02. The fourth-order valence-corrected chi connectivity index (χ4v) is 1.94. The summed E-state index contributed by atoms with van der Waals surface area (Å²) in [5.41, 5.74) is 0.248. The summed E-state index contributed by atoms with van der Waals surface area (Å²) in [4.78, 5) is 22.7. The number of benzene rings is 1. The summed E-state index contributed by atoms with van der Waals surface area (Å²) in [6, 6.07) is 8.03. The van der Waals surface area contributed by atoms with Gasteiger partial charge >= 0.3 is 11.9 Å². The van der Waals surface area contributed by atoms with E-state index in [1.165, 1.54) is 19.1 Å². The third-order valence-electron chi connectivity index (χ3n) is 2.97. The molecule has 0 radical (unpaired) electrons. The SMILES string of the molecule is CC(=O)OCC1OC(O)C(F)C1OC(=O)c1ccccc1. The van der Waals surface area contributed by atoms with Gasteiger partial charge < -0.3 is 19.3 Å². The van der Waals surface area contributed by atoms with Crippen LogP contribution in [-0.4, -0.2) is 48.3 Å². The second-order valence-corrected chi connectivity index (χ2v) is 4.55. The van der Waals surface area contributed by atoms with E-state index in [0.717, 1.165) is 0 Å². The zero-order valence-corrected chi connectivity index (χ0v) is 11.3.